The van der Waals surface area contributed by atoms with Crippen molar-refractivity contribution in [3.05, 3.63) is 29.8 Å². The van der Waals surface area contributed by atoms with Crippen LogP contribution in [-0.2, 0) is 0 Å². The molecular formula is C10H11NO. The van der Waals surface area contributed by atoms with E-state index >= 15 is 0 Å². The summed E-state index contributed by atoms with van der Waals surface area (Å²) in [4.78, 5) is 0. The second kappa shape index (κ2) is 4.42. The van der Waals surface area contributed by atoms with E-state index < -0.39 is 0 Å². The Morgan fingerprint density at radius 2 is 2.00 bits per heavy atom. The molecule has 0 fully saturated rings. The fourth-order valence-corrected chi connectivity index (χ4v) is 0.827. The first-order chi connectivity index (χ1) is 5.86. The minimum Gasteiger partial charge on any atom is -0.497 e. The standard InChI is InChI=1S/C10H11NO/c1-12-10-6-4-9(5-7-10)3-2-8-11/h4-7H,8,11H2,1H3. The second-order valence-electron chi connectivity index (χ2n) is 2.23. The summed E-state index contributed by atoms with van der Waals surface area (Å²) in [6, 6.07) is 7.56. The van der Waals surface area contributed by atoms with E-state index in [1.807, 2.05) is 24.3 Å². The summed E-state index contributed by atoms with van der Waals surface area (Å²) in [5.41, 5.74) is 6.19. The van der Waals surface area contributed by atoms with E-state index in [2.05, 4.69) is 11.8 Å². The van der Waals surface area contributed by atoms with Crippen LogP contribution in [0.5, 0.6) is 5.75 Å². The minimum absolute atomic E-state index is 0.395. The summed E-state index contributed by atoms with van der Waals surface area (Å²) in [6.45, 7) is 0.395. The van der Waals surface area contributed by atoms with Crippen LogP contribution in [0.3, 0.4) is 0 Å². The van der Waals surface area contributed by atoms with Gasteiger partial charge in [0.05, 0.1) is 13.7 Å². The average molecular weight is 161 g/mol. The fourth-order valence-electron chi connectivity index (χ4n) is 0.827. The first-order valence-electron chi connectivity index (χ1n) is 3.70. The van der Waals surface area contributed by atoms with Gasteiger partial charge in [0.1, 0.15) is 5.75 Å². The Bertz CT molecular complexity index is 292. The van der Waals surface area contributed by atoms with Crippen molar-refractivity contribution in [2.45, 2.75) is 0 Å². The molecule has 0 atom stereocenters. The maximum Gasteiger partial charge on any atom is 0.118 e. The molecule has 2 heteroatoms. The molecule has 0 saturated heterocycles. The van der Waals surface area contributed by atoms with Crippen molar-refractivity contribution in [2.24, 2.45) is 5.73 Å². The van der Waals surface area contributed by atoms with E-state index in [-0.39, 0.29) is 0 Å². The third-order valence-corrected chi connectivity index (χ3v) is 1.42. The van der Waals surface area contributed by atoms with Gasteiger partial charge in [-0.25, -0.2) is 0 Å². The molecule has 0 aliphatic carbocycles. The molecule has 2 N–H and O–H groups in total. The highest BCUT2D eigenvalue weighted by Crippen LogP contribution is 2.09. The Labute approximate surface area is 72.3 Å². The van der Waals surface area contributed by atoms with Gasteiger partial charge in [0.2, 0.25) is 0 Å². The molecule has 12 heavy (non-hydrogen) atoms. The van der Waals surface area contributed by atoms with Gasteiger partial charge in [0.15, 0.2) is 0 Å². The molecule has 0 heterocycles. The average Bonchev–Trinajstić information content (AvgIpc) is 2.15. The van der Waals surface area contributed by atoms with Crippen LogP contribution in [0.1, 0.15) is 5.56 Å². The highest BCUT2D eigenvalue weighted by molar-refractivity contribution is 5.38. The zero-order chi connectivity index (χ0) is 8.81. The largest absolute Gasteiger partial charge is 0.497 e. The minimum atomic E-state index is 0.395. The molecular weight excluding hydrogens is 150 g/mol. The molecule has 0 radical (unpaired) electrons. The van der Waals surface area contributed by atoms with Gasteiger partial charge in [-0.2, -0.15) is 0 Å². The first kappa shape index (κ1) is 8.63. The lowest BCUT2D eigenvalue weighted by atomic mass is 10.2. The molecule has 0 aliphatic heterocycles. The zero-order valence-electron chi connectivity index (χ0n) is 7.00. The smallest absolute Gasteiger partial charge is 0.118 e. The third-order valence-electron chi connectivity index (χ3n) is 1.42. The van der Waals surface area contributed by atoms with Crippen LogP contribution < -0.4 is 10.5 Å². The molecule has 62 valence electrons. The van der Waals surface area contributed by atoms with Gasteiger partial charge in [-0.1, -0.05) is 11.8 Å². The molecule has 0 spiro atoms. The van der Waals surface area contributed by atoms with Crippen LogP contribution in [0, 0.1) is 11.8 Å². The van der Waals surface area contributed by atoms with Crippen molar-refractivity contribution in [1.29, 1.82) is 0 Å². The molecule has 0 unspecified atom stereocenters. The van der Waals surface area contributed by atoms with Crippen LogP contribution in [0.4, 0.5) is 0 Å². The highest BCUT2D eigenvalue weighted by Gasteiger charge is 1.88. The van der Waals surface area contributed by atoms with Gasteiger partial charge in [-0.3, -0.25) is 0 Å². The third kappa shape index (κ3) is 2.30. The van der Waals surface area contributed by atoms with E-state index in [1.165, 1.54) is 0 Å². The van der Waals surface area contributed by atoms with Crippen molar-refractivity contribution in [2.75, 3.05) is 13.7 Å². The maximum absolute atomic E-state index is 5.23. The van der Waals surface area contributed by atoms with Gasteiger partial charge in [-0.15, -0.1) is 0 Å². The van der Waals surface area contributed by atoms with E-state index in [9.17, 15) is 0 Å². The van der Waals surface area contributed by atoms with Gasteiger partial charge < -0.3 is 10.5 Å². The number of methoxy groups -OCH3 is 1. The predicted octanol–water partition coefficient (Wildman–Crippen LogP) is 1.01. The summed E-state index contributed by atoms with van der Waals surface area (Å²) in [6.07, 6.45) is 0. The van der Waals surface area contributed by atoms with Crippen molar-refractivity contribution < 1.29 is 4.74 Å². The molecule has 2 nitrogen and oxygen atoms in total. The molecule has 0 saturated carbocycles. The van der Waals surface area contributed by atoms with Crippen LogP contribution in [-0.4, -0.2) is 13.7 Å². The van der Waals surface area contributed by atoms with E-state index in [4.69, 9.17) is 10.5 Å². The number of benzene rings is 1. The molecule has 0 aliphatic rings. The highest BCUT2D eigenvalue weighted by atomic mass is 16.5. The van der Waals surface area contributed by atoms with Crippen LogP contribution in [0.2, 0.25) is 0 Å². The topological polar surface area (TPSA) is 35.2 Å². The molecule has 1 aromatic rings. The van der Waals surface area contributed by atoms with Gasteiger partial charge in [0, 0.05) is 5.56 Å². The van der Waals surface area contributed by atoms with E-state index in [1.54, 1.807) is 7.11 Å². The van der Waals surface area contributed by atoms with Crippen LogP contribution in [0.25, 0.3) is 0 Å². The second-order valence-corrected chi connectivity index (χ2v) is 2.23. The van der Waals surface area contributed by atoms with Crippen molar-refractivity contribution >= 4 is 0 Å². The Kier molecular flexibility index (Phi) is 3.18. The maximum atomic E-state index is 5.23. The number of hydrogen-bond donors (Lipinski definition) is 1. The summed E-state index contributed by atoms with van der Waals surface area (Å²) in [5.74, 6) is 6.55. The van der Waals surface area contributed by atoms with E-state index in [0.29, 0.717) is 6.54 Å². The van der Waals surface area contributed by atoms with Crippen LogP contribution >= 0.6 is 0 Å². The SMILES string of the molecule is COc1ccc(C#CCN)cc1. The molecule has 0 amide bonds. The van der Waals surface area contributed by atoms with Gasteiger partial charge >= 0.3 is 0 Å². The lowest BCUT2D eigenvalue weighted by Crippen LogP contribution is -1.92. The quantitative estimate of drug-likeness (QED) is 0.624. The predicted molar refractivity (Wildman–Crippen MR) is 48.9 cm³/mol. The molecule has 1 aromatic carbocycles. The number of rotatable bonds is 1. The zero-order valence-corrected chi connectivity index (χ0v) is 7.00. The first-order valence-corrected chi connectivity index (χ1v) is 3.70. The summed E-state index contributed by atoms with van der Waals surface area (Å²) in [7, 11) is 1.64. The van der Waals surface area contributed by atoms with Gasteiger partial charge in [-0.05, 0) is 24.3 Å². The Morgan fingerprint density at radius 3 is 2.50 bits per heavy atom. The normalized spacial score (nSPS) is 8.50. The van der Waals surface area contributed by atoms with E-state index in [0.717, 1.165) is 11.3 Å². The summed E-state index contributed by atoms with van der Waals surface area (Å²) < 4.78 is 5.00. The molecule has 0 aromatic heterocycles. The van der Waals surface area contributed by atoms with Crippen LogP contribution in [0.15, 0.2) is 24.3 Å². The van der Waals surface area contributed by atoms with Crippen molar-refractivity contribution in [3.8, 4) is 17.6 Å². The number of hydrogen-bond acceptors (Lipinski definition) is 2. The lowest BCUT2D eigenvalue weighted by Gasteiger charge is -1.97. The van der Waals surface area contributed by atoms with Gasteiger partial charge in [0.25, 0.3) is 0 Å². The Morgan fingerprint density at radius 1 is 1.33 bits per heavy atom. The Balaban J connectivity index is 2.78. The number of ether oxygens (including phenoxy) is 1. The van der Waals surface area contributed by atoms with Crippen molar-refractivity contribution in [3.63, 3.8) is 0 Å². The fraction of sp³-hybridized carbons (Fsp3) is 0.200. The molecule has 0 bridgehead atoms. The van der Waals surface area contributed by atoms with Crippen molar-refractivity contribution in [1.82, 2.24) is 0 Å². The monoisotopic (exact) mass is 161 g/mol. The summed E-state index contributed by atoms with van der Waals surface area (Å²) in [5, 5.41) is 0. The Hall–Kier alpha value is -1.46. The summed E-state index contributed by atoms with van der Waals surface area (Å²) >= 11 is 0. The molecule has 1 rings (SSSR count). The lowest BCUT2D eigenvalue weighted by molar-refractivity contribution is 0.415. The number of nitrogens with two attached hydrogens (primary N) is 1.